The Morgan fingerprint density at radius 3 is 2.29 bits per heavy atom. The van der Waals surface area contributed by atoms with Crippen LogP contribution in [0.25, 0.3) is 6.08 Å². The van der Waals surface area contributed by atoms with Gasteiger partial charge in [0, 0.05) is 0 Å². The summed E-state index contributed by atoms with van der Waals surface area (Å²) >= 11 is 6.69. The first-order chi connectivity index (χ1) is 14.6. The second kappa shape index (κ2) is 9.32. The molecule has 0 unspecified atom stereocenters. The lowest BCUT2D eigenvalue weighted by Crippen LogP contribution is -2.51. The molecule has 2 N–H and O–H groups in total. The van der Waals surface area contributed by atoms with Gasteiger partial charge in [-0.2, -0.15) is 8.42 Å². The second-order valence-electron chi connectivity index (χ2n) is 6.41. The monoisotopic (exact) mass is 572 g/mol. The maximum Gasteiger partial charge on any atom is 0.339 e. The molecule has 0 aliphatic carbocycles. The Balaban J connectivity index is 2.00. The number of aryl methyl sites for hydroxylation is 1. The molecule has 11 heteroatoms. The van der Waals surface area contributed by atoms with E-state index in [-0.39, 0.29) is 33.7 Å². The standard InChI is InChI=1S/C20H17IN2O6S2/c1-3-28-16-10-12(8-14-18(24)22-20(30)23-19(14)25)9-15(21)17(16)29-31(26,27)13-6-4-11(2)5-7-13/h4-10H,3H2,1-2H3,(H2,22,23,24,25,30). The van der Waals surface area contributed by atoms with E-state index in [0.29, 0.717) is 9.13 Å². The molecule has 0 spiro atoms. The molecule has 1 aliphatic rings. The number of hydrogen-bond acceptors (Lipinski definition) is 7. The Labute approximate surface area is 198 Å². The van der Waals surface area contributed by atoms with E-state index in [1.165, 1.54) is 24.3 Å². The van der Waals surface area contributed by atoms with Crippen molar-refractivity contribution in [2.24, 2.45) is 0 Å². The Morgan fingerprint density at radius 1 is 1.10 bits per heavy atom. The van der Waals surface area contributed by atoms with E-state index in [1.54, 1.807) is 25.1 Å². The van der Waals surface area contributed by atoms with E-state index in [4.69, 9.17) is 21.1 Å². The van der Waals surface area contributed by atoms with E-state index in [0.717, 1.165) is 5.56 Å². The number of carbonyl (C=O) groups is 2. The molecule has 0 saturated carbocycles. The number of nitrogens with one attached hydrogen (secondary N) is 2. The van der Waals surface area contributed by atoms with Gasteiger partial charge in [0.2, 0.25) is 0 Å². The van der Waals surface area contributed by atoms with Crippen molar-refractivity contribution < 1.29 is 26.9 Å². The second-order valence-corrected chi connectivity index (χ2v) is 9.53. The maximum absolute atomic E-state index is 12.7. The summed E-state index contributed by atoms with van der Waals surface area (Å²) in [5.74, 6) is -1.10. The third kappa shape index (κ3) is 5.40. The van der Waals surface area contributed by atoms with Crippen LogP contribution in [0.3, 0.4) is 0 Å². The summed E-state index contributed by atoms with van der Waals surface area (Å²) in [6.07, 6.45) is 1.36. The number of benzene rings is 2. The molecule has 0 atom stereocenters. The third-order valence-electron chi connectivity index (χ3n) is 4.09. The van der Waals surface area contributed by atoms with Gasteiger partial charge in [0.15, 0.2) is 16.6 Å². The molecule has 2 amide bonds. The average molecular weight is 572 g/mol. The van der Waals surface area contributed by atoms with Crippen LogP contribution in [0.2, 0.25) is 0 Å². The SMILES string of the molecule is CCOc1cc(C=C2C(=O)NC(=S)NC2=O)cc(I)c1OS(=O)(=O)c1ccc(C)cc1. The summed E-state index contributed by atoms with van der Waals surface area (Å²) in [7, 11) is -4.10. The summed E-state index contributed by atoms with van der Waals surface area (Å²) < 4.78 is 36.8. The van der Waals surface area contributed by atoms with Crippen molar-refractivity contribution in [3.05, 3.63) is 56.7 Å². The van der Waals surface area contributed by atoms with Crippen LogP contribution >= 0.6 is 34.8 Å². The van der Waals surface area contributed by atoms with Crippen molar-refractivity contribution >= 4 is 67.9 Å². The zero-order chi connectivity index (χ0) is 22.8. The summed E-state index contributed by atoms with van der Waals surface area (Å²) in [5.41, 5.74) is 1.21. The van der Waals surface area contributed by atoms with E-state index in [9.17, 15) is 18.0 Å². The molecule has 2 aromatic rings. The quantitative estimate of drug-likeness (QED) is 0.180. The minimum Gasteiger partial charge on any atom is -0.490 e. The summed E-state index contributed by atoms with van der Waals surface area (Å²) in [6, 6.07) is 9.33. The summed E-state index contributed by atoms with van der Waals surface area (Å²) in [6.45, 7) is 3.83. The van der Waals surface area contributed by atoms with Gasteiger partial charge < -0.3 is 8.92 Å². The first-order valence-electron chi connectivity index (χ1n) is 8.96. The molecule has 1 saturated heterocycles. The molecule has 8 nitrogen and oxygen atoms in total. The predicted octanol–water partition coefficient (Wildman–Crippen LogP) is 2.68. The first kappa shape index (κ1) is 23.2. The van der Waals surface area contributed by atoms with Crippen molar-refractivity contribution in [3.63, 3.8) is 0 Å². The van der Waals surface area contributed by atoms with Gasteiger partial charge in [-0.25, -0.2) is 0 Å². The third-order valence-corrected chi connectivity index (χ3v) is 6.33. The van der Waals surface area contributed by atoms with Gasteiger partial charge >= 0.3 is 10.1 Å². The lowest BCUT2D eigenvalue weighted by atomic mass is 10.1. The van der Waals surface area contributed by atoms with Crippen LogP contribution in [-0.2, 0) is 19.7 Å². The lowest BCUT2D eigenvalue weighted by molar-refractivity contribution is -0.123. The molecule has 1 heterocycles. The largest absolute Gasteiger partial charge is 0.490 e. The molecule has 162 valence electrons. The number of thiocarbonyl (C=S) groups is 1. The molecule has 0 bridgehead atoms. The van der Waals surface area contributed by atoms with Gasteiger partial charge in [0.25, 0.3) is 11.8 Å². The van der Waals surface area contributed by atoms with E-state index >= 15 is 0 Å². The smallest absolute Gasteiger partial charge is 0.339 e. The fraction of sp³-hybridized carbons (Fsp3) is 0.150. The van der Waals surface area contributed by atoms with Gasteiger partial charge in [0.1, 0.15) is 10.5 Å². The van der Waals surface area contributed by atoms with Gasteiger partial charge in [0.05, 0.1) is 10.2 Å². The molecule has 2 aromatic carbocycles. The van der Waals surface area contributed by atoms with Crippen LogP contribution in [0.4, 0.5) is 0 Å². The Hall–Kier alpha value is -2.51. The minimum atomic E-state index is -4.10. The molecule has 3 rings (SSSR count). The highest BCUT2D eigenvalue weighted by Crippen LogP contribution is 2.37. The van der Waals surface area contributed by atoms with Crippen LogP contribution in [0, 0.1) is 10.5 Å². The normalized spacial score (nSPS) is 14.0. The van der Waals surface area contributed by atoms with E-state index < -0.39 is 21.9 Å². The maximum atomic E-state index is 12.7. The average Bonchev–Trinajstić information content (AvgIpc) is 2.68. The fourth-order valence-corrected chi connectivity index (χ4v) is 4.68. The Kier molecular flexibility index (Phi) is 6.96. The van der Waals surface area contributed by atoms with E-state index in [1.807, 2.05) is 29.5 Å². The van der Waals surface area contributed by atoms with Crippen LogP contribution in [0.5, 0.6) is 11.5 Å². The number of rotatable bonds is 6. The fourth-order valence-electron chi connectivity index (χ4n) is 2.65. The van der Waals surface area contributed by atoms with Gasteiger partial charge in [-0.1, -0.05) is 17.7 Å². The summed E-state index contributed by atoms with van der Waals surface area (Å²) in [5, 5.41) is 4.64. The van der Waals surface area contributed by atoms with Crippen molar-refractivity contribution in [2.75, 3.05) is 6.61 Å². The van der Waals surface area contributed by atoms with Gasteiger partial charge in [-0.15, -0.1) is 0 Å². The molecule has 31 heavy (non-hydrogen) atoms. The number of amides is 2. The molecular formula is C20H17IN2O6S2. The Morgan fingerprint density at radius 2 is 1.71 bits per heavy atom. The predicted molar refractivity (Wildman–Crippen MR) is 126 cm³/mol. The van der Waals surface area contributed by atoms with Gasteiger partial charge in [-0.05, 0) is 84.6 Å². The Bertz CT molecular complexity index is 1180. The van der Waals surface area contributed by atoms with Crippen LogP contribution in [-0.4, -0.2) is 32.0 Å². The molecule has 0 aromatic heterocycles. The lowest BCUT2D eigenvalue weighted by Gasteiger charge is -2.17. The highest BCUT2D eigenvalue weighted by atomic mass is 127. The van der Waals surface area contributed by atoms with E-state index in [2.05, 4.69) is 10.6 Å². The van der Waals surface area contributed by atoms with Gasteiger partial charge in [-0.3, -0.25) is 20.2 Å². The topological polar surface area (TPSA) is 111 Å². The summed E-state index contributed by atoms with van der Waals surface area (Å²) in [4.78, 5) is 24.2. The van der Waals surface area contributed by atoms with Crippen molar-refractivity contribution in [2.45, 2.75) is 18.7 Å². The van der Waals surface area contributed by atoms with Crippen LogP contribution in [0.15, 0.2) is 46.9 Å². The first-order valence-corrected chi connectivity index (χ1v) is 11.9. The zero-order valence-corrected chi connectivity index (χ0v) is 20.2. The minimum absolute atomic E-state index is 0.00839. The number of carbonyl (C=O) groups excluding carboxylic acids is 2. The molecule has 1 aliphatic heterocycles. The van der Waals surface area contributed by atoms with Crippen molar-refractivity contribution in [1.29, 1.82) is 0 Å². The number of ether oxygens (including phenoxy) is 1. The number of hydrogen-bond donors (Lipinski definition) is 2. The molecular weight excluding hydrogens is 555 g/mol. The highest BCUT2D eigenvalue weighted by molar-refractivity contribution is 14.1. The van der Waals surface area contributed by atoms with Crippen molar-refractivity contribution in [3.8, 4) is 11.5 Å². The molecule has 0 radical (unpaired) electrons. The molecule has 1 fully saturated rings. The van der Waals surface area contributed by atoms with Crippen LogP contribution in [0.1, 0.15) is 18.1 Å². The number of halogens is 1. The zero-order valence-electron chi connectivity index (χ0n) is 16.4. The van der Waals surface area contributed by atoms with Crippen LogP contribution < -0.4 is 19.6 Å². The van der Waals surface area contributed by atoms with Crippen molar-refractivity contribution in [1.82, 2.24) is 10.6 Å². The highest BCUT2D eigenvalue weighted by Gasteiger charge is 2.27.